The molecule has 0 aromatic rings. The Balaban J connectivity index is 1.68. The van der Waals surface area contributed by atoms with Crippen LogP contribution in [0.2, 0.25) is 0 Å². The zero-order chi connectivity index (χ0) is 9.47. The molecule has 2 saturated carbocycles. The van der Waals surface area contributed by atoms with Gasteiger partial charge in [-0.2, -0.15) is 8.78 Å². The third-order valence-electron chi connectivity index (χ3n) is 3.32. The summed E-state index contributed by atoms with van der Waals surface area (Å²) in [4.78, 5) is 0. The molecule has 4 heteroatoms. The lowest BCUT2D eigenvalue weighted by molar-refractivity contribution is -0.228. The first kappa shape index (κ1) is 9.34. The van der Waals surface area contributed by atoms with Crippen LogP contribution >= 0.6 is 0 Å². The van der Waals surface area contributed by atoms with Gasteiger partial charge in [-0.15, -0.1) is 0 Å². The van der Waals surface area contributed by atoms with Gasteiger partial charge in [-0.1, -0.05) is 0 Å². The first-order valence-electron chi connectivity index (χ1n) is 4.68. The van der Waals surface area contributed by atoms with Crippen molar-refractivity contribution in [1.82, 2.24) is 0 Å². The fourth-order valence-corrected chi connectivity index (χ4v) is 2.78. The van der Waals surface area contributed by atoms with Crippen LogP contribution in [0.4, 0.5) is 8.78 Å². The number of ether oxygens (including phenoxy) is 1. The molecule has 0 unspecified atom stereocenters. The predicted octanol–water partition coefficient (Wildman–Crippen LogP) is 1.78. The molecule has 0 aromatic heterocycles. The SMILES string of the molecule is OCC1CC2(C1)CC(OC(F)F)C2. The van der Waals surface area contributed by atoms with Crippen molar-refractivity contribution in [3.63, 3.8) is 0 Å². The van der Waals surface area contributed by atoms with Crippen LogP contribution in [0.1, 0.15) is 25.7 Å². The summed E-state index contributed by atoms with van der Waals surface area (Å²) in [6, 6.07) is 0. The monoisotopic (exact) mass is 192 g/mol. The minimum absolute atomic E-state index is 0.236. The topological polar surface area (TPSA) is 29.5 Å². The van der Waals surface area contributed by atoms with E-state index in [9.17, 15) is 8.78 Å². The number of halogens is 2. The molecule has 0 bridgehead atoms. The highest BCUT2D eigenvalue weighted by molar-refractivity contribution is 5.03. The minimum atomic E-state index is -2.63. The van der Waals surface area contributed by atoms with E-state index in [1.165, 1.54) is 0 Å². The average Bonchev–Trinajstić information content (AvgIpc) is 1.90. The van der Waals surface area contributed by atoms with E-state index < -0.39 is 6.61 Å². The maximum atomic E-state index is 11.8. The minimum Gasteiger partial charge on any atom is -0.396 e. The molecule has 1 N–H and O–H groups in total. The van der Waals surface area contributed by atoms with E-state index in [-0.39, 0.29) is 18.1 Å². The summed E-state index contributed by atoms with van der Waals surface area (Å²) in [5.41, 5.74) is 0.257. The molecule has 2 nitrogen and oxygen atoms in total. The molecular weight excluding hydrogens is 178 g/mol. The number of hydrogen-bond acceptors (Lipinski definition) is 2. The van der Waals surface area contributed by atoms with Gasteiger partial charge in [0.25, 0.3) is 0 Å². The molecule has 0 saturated heterocycles. The van der Waals surface area contributed by atoms with Gasteiger partial charge in [-0.3, -0.25) is 0 Å². The van der Waals surface area contributed by atoms with Crippen LogP contribution in [0.5, 0.6) is 0 Å². The average molecular weight is 192 g/mol. The molecule has 13 heavy (non-hydrogen) atoms. The second-order valence-electron chi connectivity index (χ2n) is 4.38. The maximum absolute atomic E-state index is 11.8. The van der Waals surface area contributed by atoms with Crippen molar-refractivity contribution in [3.8, 4) is 0 Å². The third-order valence-corrected chi connectivity index (χ3v) is 3.32. The van der Waals surface area contributed by atoms with Gasteiger partial charge in [0, 0.05) is 6.61 Å². The van der Waals surface area contributed by atoms with E-state index in [2.05, 4.69) is 4.74 Å². The van der Waals surface area contributed by atoms with Crippen molar-refractivity contribution in [2.45, 2.75) is 38.4 Å². The summed E-state index contributed by atoms with van der Waals surface area (Å²) in [5.74, 6) is 0.410. The van der Waals surface area contributed by atoms with Crippen LogP contribution in [0.3, 0.4) is 0 Å². The molecule has 0 atom stereocenters. The Morgan fingerprint density at radius 2 is 1.92 bits per heavy atom. The van der Waals surface area contributed by atoms with Gasteiger partial charge in [0.05, 0.1) is 6.10 Å². The van der Waals surface area contributed by atoms with Crippen molar-refractivity contribution >= 4 is 0 Å². The summed E-state index contributed by atoms with van der Waals surface area (Å²) >= 11 is 0. The second kappa shape index (κ2) is 3.17. The van der Waals surface area contributed by atoms with Gasteiger partial charge < -0.3 is 9.84 Å². The van der Waals surface area contributed by atoms with Crippen molar-refractivity contribution in [1.29, 1.82) is 0 Å². The standard InChI is InChI=1S/C9H14F2O2/c10-8(11)13-7-3-9(4-7)1-6(2-9)5-12/h6-8,12H,1-5H2. The Bertz CT molecular complexity index is 182. The highest BCUT2D eigenvalue weighted by Gasteiger charge is 2.53. The number of aliphatic hydroxyl groups is 1. The van der Waals surface area contributed by atoms with Gasteiger partial charge >= 0.3 is 6.61 Å². The lowest BCUT2D eigenvalue weighted by Gasteiger charge is -2.57. The van der Waals surface area contributed by atoms with Crippen molar-refractivity contribution < 1.29 is 18.6 Å². The largest absolute Gasteiger partial charge is 0.396 e. The second-order valence-corrected chi connectivity index (χ2v) is 4.38. The molecule has 2 fully saturated rings. The fourth-order valence-electron chi connectivity index (χ4n) is 2.78. The Labute approximate surface area is 75.9 Å². The zero-order valence-electron chi connectivity index (χ0n) is 7.38. The number of rotatable bonds is 3. The van der Waals surface area contributed by atoms with E-state index in [1.807, 2.05) is 0 Å². The summed E-state index contributed by atoms with van der Waals surface area (Å²) in [5, 5.41) is 8.80. The lowest BCUT2D eigenvalue weighted by Crippen LogP contribution is -2.52. The smallest absolute Gasteiger partial charge is 0.345 e. The van der Waals surface area contributed by atoms with Crippen LogP contribution in [-0.2, 0) is 4.74 Å². The van der Waals surface area contributed by atoms with Crippen LogP contribution in [0.15, 0.2) is 0 Å². The summed E-state index contributed by atoms with van der Waals surface area (Å²) in [6.45, 7) is -2.39. The van der Waals surface area contributed by atoms with Crippen molar-refractivity contribution in [3.05, 3.63) is 0 Å². The number of hydrogen-bond donors (Lipinski definition) is 1. The fraction of sp³-hybridized carbons (Fsp3) is 1.00. The number of alkyl halides is 2. The Kier molecular flexibility index (Phi) is 2.28. The molecular formula is C9H14F2O2. The predicted molar refractivity (Wildman–Crippen MR) is 42.4 cm³/mol. The quantitative estimate of drug-likeness (QED) is 0.738. The van der Waals surface area contributed by atoms with Crippen molar-refractivity contribution in [2.75, 3.05) is 6.61 Å². The first-order valence-corrected chi connectivity index (χ1v) is 4.68. The molecule has 0 amide bonds. The first-order chi connectivity index (χ1) is 6.13. The summed E-state index contributed by atoms with van der Waals surface area (Å²) in [6.07, 6.45) is 3.26. The highest BCUT2D eigenvalue weighted by atomic mass is 19.3. The zero-order valence-corrected chi connectivity index (χ0v) is 7.38. The maximum Gasteiger partial charge on any atom is 0.345 e. The molecule has 2 aliphatic rings. The molecule has 76 valence electrons. The Morgan fingerprint density at radius 1 is 1.31 bits per heavy atom. The van der Waals surface area contributed by atoms with Crippen LogP contribution in [0.25, 0.3) is 0 Å². The van der Waals surface area contributed by atoms with Crippen LogP contribution < -0.4 is 0 Å². The summed E-state index contributed by atoms with van der Waals surface area (Å²) < 4.78 is 27.9. The third kappa shape index (κ3) is 1.70. The van der Waals surface area contributed by atoms with Crippen molar-refractivity contribution in [2.24, 2.45) is 11.3 Å². The highest BCUT2D eigenvalue weighted by Crippen LogP contribution is 2.59. The van der Waals surface area contributed by atoms with Gasteiger partial charge in [-0.25, -0.2) is 0 Å². The molecule has 0 heterocycles. The molecule has 2 aliphatic carbocycles. The molecule has 2 rings (SSSR count). The van der Waals surface area contributed by atoms with E-state index in [1.54, 1.807) is 0 Å². The Hall–Kier alpha value is -0.220. The van der Waals surface area contributed by atoms with Gasteiger partial charge in [0.15, 0.2) is 0 Å². The normalized spacial score (nSPS) is 43.4. The van der Waals surface area contributed by atoms with Gasteiger partial charge in [0.1, 0.15) is 0 Å². The van der Waals surface area contributed by atoms with Crippen LogP contribution in [0, 0.1) is 11.3 Å². The molecule has 0 radical (unpaired) electrons. The molecule has 1 spiro atoms. The van der Waals surface area contributed by atoms with E-state index >= 15 is 0 Å². The van der Waals surface area contributed by atoms with Gasteiger partial charge in [0.2, 0.25) is 0 Å². The van der Waals surface area contributed by atoms with E-state index in [0.717, 1.165) is 25.7 Å². The molecule has 0 aliphatic heterocycles. The molecule has 0 aromatic carbocycles. The van der Waals surface area contributed by atoms with E-state index in [4.69, 9.17) is 5.11 Å². The number of aliphatic hydroxyl groups excluding tert-OH is 1. The van der Waals surface area contributed by atoms with E-state index in [0.29, 0.717) is 5.92 Å². The summed E-state index contributed by atoms with van der Waals surface area (Å²) in [7, 11) is 0. The van der Waals surface area contributed by atoms with Gasteiger partial charge in [-0.05, 0) is 37.0 Å². The Morgan fingerprint density at radius 3 is 2.38 bits per heavy atom. The lowest BCUT2D eigenvalue weighted by atomic mass is 9.51. The van der Waals surface area contributed by atoms with Crippen LogP contribution in [-0.4, -0.2) is 24.4 Å².